The van der Waals surface area contributed by atoms with Crippen LogP contribution in [0.25, 0.3) is 0 Å². The van der Waals surface area contributed by atoms with E-state index in [0.717, 1.165) is 11.8 Å². The van der Waals surface area contributed by atoms with Gasteiger partial charge in [0.2, 0.25) is 3.67 Å². The Morgan fingerprint density at radius 1 is 1.44 bits per heavy atom. The summed E-state index contributed by atoms with van der Waals surface area (Å²) in [5.74, 6) is -1.03. The number of alkyl halides is 2. The highest BCUT2D eigenvalue weighted by molar-refractivity contribution is 8.17. The summed E-state index contributed by atoms with van der Waals surface area (Å²) < 4.78 is -1.49. The van der Waals surface area contributed by atoms with Gasteiger partial charge in [0, 0.05) is 12.0 Å². The number of carboxylic acid groups (broad SMARTS) is 1. The molecule has 0 spiro atoms. The molecule has 7 heteroatoms. The number of aliphatic imine (C=N–C) groups is 1. The highest BCUT2D eigenvalue weighted by Gasteiger charge is 2.47. The van der Waals surface area contributed by atoms with Gasteiger partial charge in [-0.1, -0.05) is 53.2 Å². The van der Waals surface area contributed by atoms with Crippen LogP contribution in [0, 0.1) is 0 Å². The minimum absolute atomic E-state index is 0.134. The van der Waals surface area contributed by atoms with Crippen molar-refractivity contribution in [2.75, 3.05) is 0 Å². The van der Waals surface area contributed by atoms with Crippen molar-refractivity contribution in [3.05, 3.63) is 29.8 Å². The molecular weight excluding hydrogens is 297 g/mol. The summed E-state index contributed by atoms with van der Waals surface area (Å²) in [5, 5.41) is 19.1. The first-order valence-electron chi connectivity index (χ1n) is 5.03. The van der Waals surface area contributed by atoms with Crippen molar-refractivity contribution in [2.45, 2.75) is 16.1 Å². The highest BCUT2D eigenvalue weighted by Crippen LogP contribution is 2.46. The molecule has 0 amide bonds. The van der Waals surface area contributed by atoms with Gasteiger partial charge in [0.15, 0.2) is 6.04 Å². The second-order valence-electron chi connectivity index (χ2n) is 3.73. The van der Waals surface area contributed by atoms with Gasteiger partial charge in [0.05, 0.1) is 5.04 Å². The molecule has 1 aromatic rings. The molecule has 0 bridgehead atoms. The zero-order chi connectivity index (χ0) is 13.3. The van der Waals surface area contributed by atoms with E-state index in [1.54, 1.807) is 24.3 Å². The molecule has 0 radical (unpaired) electrons. The third-order valence-corrected chi connectivity index (χ3v) is 4.27. The average molecular weight is 306 g/mol. The van der Waals surface area contributed by atoms with Crippen molar-refractivity contribution in [3.63, 3.8) is 0 Å². The number of hydrogen-bond acceptors (Lipinski definition) is 4. The van der Waals surface area contributed by atoms with Crippen LogP contribution in [0.1, 0.15) is 5.56 Å². The Labute approximate surface area is 118 Å². The molecular formula is C11H9Cl2NO3S. The van der Waals surface area contributed by atoms with Crippen molar-refractivity contribution in [1.82, 2.24) is 0 Å². The molecule has 0 aromatic heterocycles. The Morgan fingerprint density at radius 2 is 2.11 bits per heavy atom. The number of aliphatic carboxylic acids is 1. The topological polar surface area (TPSA) is 69.9 Å². The maximum absolute atomic E-state index is 10.9. The van der Waals surface area contributed by atoms with E-state index < -0.39 is 15.7 Å². The lowest BCUT2D eigenvalue weighted by Gasteiger charge is -2.14. The molecule has 1 heterocycles. The van der Waals surface area contributed by atoms with E-state index in [2.05, 4.69) is 4.99 Å². The predicted octanol–water partition coefficient (Wildman–Crippen LogP) is 2.66. The molecule has 96 valence electrons. The minimum atomic E-state index is -1.49. The molecule has 0 saturated carbocycles. The van der Waals surface area contributed by atoms with E-state index in [1.165, 1.54) is 0 Å². The number of carbonyl (C=O) groups is 1. The predicted molar refractivity (Wildman–Crippen MR) is 72.7 cm³/mol. The summed E-state index contributed by atoms with van der Waals surface area (Å²) in [5.41, 5.74) is 0.652. The molecule has 18 heavy (non-hydrogen) atoms. The van der Waals surface area contributed by atoms with Gasteiger partial charge in [-0.25, -0.2) is 4.79 Å². The third-order valence-electron chi connectivity index (χ3n) is 2.41. The van der Waals surface area contributed by atoms with E-state index in [4.69, 9.17) is 28.3 Å². The molecule has 0 saturated heterocycles. The highest BCUT2D eigenvalue weighted by atomic mass is 35.5. The number of phenols is 1. The van der Waals surface area contributed by atoms with Crippen molar-refractivity contribution < 1.29 is 15.0 Å². The number of hydrogen-bond donors (Lipinski definition) is 2. The van der Waals surface area contributed by atoms with E-state index >= 15 is 0 Å². The fraction of sp³-hybridized carbons (Fsp3) is 0.273. The molecule has 0 aliphatic carbocycles. The standard InChI is InChI=1S/C11H9Cl2NO3S/c12-11(13)9(10(16)17)14-8(18-11)5-6-3-1-2-4-7(6)15/h1-4,9,15H,5H2,(H,16,17)/t9-/m1/s1. The molecule has 2 rings (SSSR count). The number of para-hydroxylation sites is 1. The lowest BCUT2D eigenvalue weighted by molar-refractivity contribution is -0.138. The summed E-state index contributed by atoms with van der Waals surface area (Å²) in [6, 6.07) is 5.58. The Bertz CT molecular complexity index is 519. The number of phenolic OH excluding ortho intramolecular Hbond substituents is 1. The number of nitrogens with zero attached hydrogens (tertiary/aromatic N) is 1. The van der Waals surface area contributed by atoms with E-state index in [-0.39, 0.29) is 5.75 Å². The van der Waals surface area contributed by atoms with Crippen LogP contribution in [-0.2, 0) is 11.2 Å². The number of carboxylic acids is 1. The molecule has 1 aromatic carbocycles. The van der Waals surface area contributed by atoms with Crippen molar-refractivity contribution in [2.24, 2.45) is 4.99 Å². The first-order chi connectivity index (χ1) is 8.40. The molecule has 1 atom stereocenters. The van der Waals surface area contributed by atoms with Gasteiger partial charge >= 0.3 is 5.97 Å². The summed E-state index contributed by atoms with van der Waals surface area (Å²) >= 11 is 12.8. The van der Waals surface area contributed by atoms with Crippen LogP contribution in [0.3, 0.4) is 0 Å². The van der Waals surface area contributed by atoms with Crippen LogP contribution in [0.4, 0.5) is 0 Å². The maximum atomic E-state index is 10.9. The van der Waals surface area contributed by atoms with Gasteiger partial charge in [-0.05, 0) is 6.07 Å². The van der Waals surface area contributed by atoms with E-state index in [9.17, 15) is 9.90 Å². The number of rotatable bonds is 3. The number of aromatic hydroxyl groups is 1. The number of thioether (sulfide) groups is 1. The monoisotopic (exact) mass is 305 g/mol. The Morgan fingerprint density at radius 3 is 2.67 bits per heavy atom. The third kappa shape index (κ3) is 2.74. The summed E-state index contributed by atoms with van der Waals surface area (Å²) in [7, 11) is 0. The lowest BCUT2D eigenvalue weighted by atomic mass is 10.1. The molecule has 4 nitrogen and oxygen atoms in total. The van der Waals surface area contributed by atoms with Crippen LogP contribution >= 0.6 is 35.0 Å². The van der Waals surface area contributed by atoms with Crippen LogP contribution in [0.2, 0.25) is 0 Å². The quantitative estimate of drug-likeness (QED) is 0.842. The first kappa shape index (κ1) is 13.5. The zero-order valence-corrected chi connectivity index (χ0v) is 11.3. The van der Waals surface area contributed by atoms with Gasteiger partial charge in [-0.3, -0.25) is 4.99 Å². The molecule has 2 N–H and O–H groups in total. The largest absolute Gasteiger partial charge is 0.508 e. The first-order valence-corrected chi connectivity index (χ1v) is 6.60. The molecule has 1 aliphatic heterocycles. The van der Waals surface area contributed by atoms with Crippen LogP contribution in [0.15, 0.2) is 29.3 Å². The zero-order valence-electron chi connectivity index (χ0n) is 9.01. The van der Waals surface area contributed by atoms with Crippen molar-refractivity contribution in [3.8, 4) is 5.75 Å². The summed E-state index contributed by atoms with van der Waals surface area (Å²) in [4.78, 5) is 14.9. The smallest absolute Gasteiger partial charge is 0.332 e. The van der Waals surface area contributed by atoms with Gasteiger partial charge in [0.25, 0.3) is 0 Å². The lowest BCUT2D eigenvalue weighted by Crippen LogP contribution is -2.30. The number of benzene rings is 1. The van der Waals surface area contributed by atoms with Gasteiger partial charge in [-0.15, -0.1) is 0 Å². The van der Waals surface area contributed by atoms with E-state index in [1.807, 2.05) is 0 Å². The van der Waals surface area contributed by atoms with Crippen molar-refractivity contribution >= 4 is 46.0 Å². The Kier molecular flexibility index (Phi) is 3.75. The Hall–Kier alpha value is -0.910. The second kappa shape index (κ2) is 4.99. The second-order valence-corrected chi connectivity index (χ2v) is 6.89. The fourth-order valence-electron chi connectivity index (χ4n) is 1.56. The minimum Gasteiger partial charge on any atom is -0.508 e. The van der Waals surface area contributed by atoms with Gasteiger partial charge in [0.1, 0.15) is 5.75 Å². The number of halogens is 2. The fourth-order valence-corrected chi connectivity index (χ4v) is 3.35. The van der Waals surface area contributed by atoms with Crippen LogP contribution in [0.5, 0.6) is 5.75 Å². The van der Waals surface area contributed by atoms with E-state index in [0.29, 0.717) is 17.0 Å². The normalized spacial score (nSPS) is 21.7. The SMILES string of the molecule is O=C(O)[C@H]1N=C(Cc2ccccc2O)SC1(Cl)Cl. The molecule has 0 unspecified atom stereocenters. The average Bonchev–Trinajstić information content (AvgIpc) is 2.57. The molecule has 0 fully saturated rings. The van der Waals surface area contributed by atoms with Crippen LogP contribution in [-0.4, -0.2) is 30.9 Å². The maximum Gasteiger partial charge on any atom is 0.332 e. The van der Waals surface area contributed by atoms with Crippen LogP contribution < -0.4 is 0 Å². The molecule has 1 aliphatic rings. The van der Waals surface area contributed by atoms with Gasteiger partial charge in [-0.2, -0.15) is 0 Å². The summed E-state index contributed by atoms with van der Waals surface area (Å²) in [6.07, 6.45) is 0.308. The van der Waals surface area contributed by atoms with Gasteiger partial charge < -0.3 is 10.2 Å². The van der Waals surface area contributed by atoms with Crippen molar-refractivity contribution in [1.29, 1.82) is 0 Å². The Balaban J connectivity index is 2.20. The summed E-state index contributed by atoms with van der Waals surface area (Å²) in [6.45, 7) is 0.